The summed E-state index contributed by atoms with van der Waals surface area (Å²) in [5.74, 6) is 0. The van der Waals surface area contributed by atoms with E-state index in [4.69, 9.17) is 0 Å². The van der Waals surface area contributed by atoms with Gasteiger partial charge in [-0.2, -0.15) is 21.0 Å². The molecular formula is C112H64N12. The molecule has 12 heteroatoms. The van der Waals surface area contributed by atoms with Crippen molar-refractivity contribution in [2.75, 3.05) is 0 Å². The molecule has 0 aliphatic carbocycles. The molecule has 0 aliphatic rings. The smallest absolute Gasteiger partial charge is 0.104 e. The van der Waals surface area contributed by atoms with Crippen LogP contribution in [0.3, 0.4) is 0 Å². The van der Waals surface area contributed by atoms with Crippen LogP contribution in [-0.2, 0) is 0 Å². The SMILES string of the molecule is N#Cc1c(-n2c3ccccc3c3ccccc32)c(-n2c3ccccc3c3ccccc32)c(C#N)c(-n2c3ccccc3c3ccccc32)c1-n1c2ccccc2c2ccccc21.N#Cc1c(-n2c3ccccc3c3ccccc32)c(-n2c3ccccc3c3ccccc32)c(C#N)c(-n2c3ccccc3c3ccccc32)c1-n1c2ccccc2c2ccccc21. The fraction of sp³-hybridized carbons (Fsp3) is 0. The van der Waals surface area contributed by atoms with Gasteiger partial charge in [0.05, 0.1) is 134 Å². The first-order valence-electron chi connectivity index (χ1n) is 41.5. The van der Waals surface area contributed by atoms with E-state index < -0.39 is 0 Å². The van der Waals surface area contributed by atoms with Crippen LogP contribution in [0.1, 0.15) is 22.3 Å². The predicted molar refractivity (Wildman–Crippen MR) is 506 cm³/mol. The Morgan fingerprint density at radius 2 is 0.185 bits per heavy atom. The van der Waals surface area contributed by atoms with Crippen molar-refractivity contribution in [3.63, 3.8) is 0 Å². The van der Waals surface area contributed by atoms with Crippen LogP contribution in [0.25, 0.3) is 220 Å². The molecule has 0 saturated carbocycles. The second-order valence-electron chi connectivity index (χ2n) is 31.7. The average Bonchev–Trinajstić information content (AvgIpc) is 1.48. The van der Waals surface area contributed by atoms with Crippen LogP contribution in [0.15, 0.2) is 388 Å². The molecule has 18 aromatic carbocycles. The number of nitriles is 4. The lowest BCUT2D eigenvalue weighted by atomic mass is 9.98. The number of nitrogens with zero attached hydrogens (tertiary/aromatic N) is 12. The summed E-state index contributed by atoms with van der Waals surface area (Å²) in [6.45, 7) is 0. The van der Waals surface area contributed by atoms with E-state index in [1.54, 1.807) is 0 Å². The molecule has 0 unspecified atom stereocenters. The molecule has 8 aromatic heterocycles. The van der Waals surface area contributed by atoms with Gasteiger partial charge in [-0.05, 0) is 97.1 Å². The maximum Gasteiger partial charge on any atom is 0.104 e. The van der Waals surface area contributed by atoms with Gasteiger partial charge in [0.2, 0.25) is 0 Å². The summed E-state index contributed by atoms with van der Waals surface area (Å²) in [7, 11) is 0. The van der Waals surface area contributed by atoms with Crippen LogP contribution in [-0.4, -0.2) is 36.5 Å². The lowest BCUT2D eigenvalue weighted by Gasteiger charge is -2.27. The molecule has 0 atom stereocenters. The van der Waals surface area contributed by atoms with Crippen LogP contribution < -0.4 is 0 Å². The van der Waals surface area contributed by atoms with E-state index in [-0.39, 0.29) is 0 Å². The van der Waals surface area contributed by atoms with Gasteiger partial charge >= 0.3 is 0 Å². The van der Waals surface area contributed by atoms with Crippen molar-refractivity contribution in [2.24, 2.45) is 0 Å². The molecule has 8 heterocycles. The Morgan fingerprint density at radius 3 is 0.258 bits per heavy atom. The topological polar surface area (TPSA) is 135 Å². The van der Waals surface area contributed by atoms with Gasteiger partial charge in [0.15, 0.2) is 0 Å². The Morgan fingerprint density at radius 1 is 0.113 bits per heavy atom. The van der Waals surface area contributed by atoms with E-state index >= 15 is 0 Å². The summed E-state index contributed by atoms with van der Waals surface area (Å²) in [4.78, 5) is 0. The Kier molecular flexibility index (Phi) is 15.1. The summed E-state index contributed by atoms with van der Waals surface area (Å²) < 4.78 is 17.9. The number of hydrogen-bond acceptors (Lipinski definition) is 4. The number of fused-ring (bicyclic) bond motifs is 24. The zero-order valence-electron chi connectivity index (χ0n) is 66.3. The van der Waals surface area contributed by atoms with Gasteiger partial charge < -0.3 is 36.5 Å². The number of para-hydroxylation sites is 16. The highest BCUT2D eigenvalue weighted by Crippen LogP contribution is 2.52. The predicted octanol–water partition coefficient (Wildman–Crippen LogP) is 27.6. The van der Waals surface area contributed by atoms with Crippen LogP contribution in [0.2, 0.25) is 0 Å². The summed E-state index contributed by atoms with van der Waals surface area (Å²) in [5.41, 5.74) is 21.9. The van der Waals surface area contributed by atoms with E-state index in [0.29, 0.717) is 67.8 Å². The normalized spacial score (nSPS) is 11.8. The quantitative estimate of drug-likeness (QED) is 0.150. The van der Waals surface area contributed by atoms with Crippen molar-refractivity contribution < 1.29 is 0 Å². The van der Waals surface area contributed by atoms with Crippen LogP contribution in [0.4, 0.5) is 0 Å². The van der Waals surface area contributed by atoms with Crippen molar-refractivity contribution in [3.8, 4) is 69.8 Å². The summed E-state index contributed by atoms with van der Waals surface area (Å²) in [6.07, 6.45) is 0. The number of benzene rings is 18. The second kappa shape index (κ2) is 26.9. The van der Waals surface area contributed by atoms with Crippen LogP contribution in [0.5, 0.6) is 0 Å². The highest BCUT2D eigenvalue weighted by Gasteiger charge is 2.38. The molecule has 12 nitrogen and oxygen atoms in total. The van der Waals surface area contributed by atoms with Gasteiger partial charge in [-0.15, -0.1) is 0 Å². The van der Waals surface area contributed by atoms with Crippen molar-refractivity contribution >= 4 is 174 Å². The van der Waals surface area contributed by atoms with Crippen molar-refractivity contribution in [3.05, 3.63) is 411 Å². The monoisotopic (exact) mass is 1580 g/mol. The molecule has 0 fully saturated rings. The van der Waals surface area contributed by atoms with E-state index in [9.17, 15) is 21.0 Å². The van der Waals surface area contributed by atoms with E-state index in [2.05, 4.69) is 449 Å². The number of rotatable bonds is 8. The largest absolute Gasteiger partial charge is 0.306 e. The van der Waals surface area contributed by atoms with E-state index in [1.807, 2.05) is 0 Å². The Balaban J connectivity index is 0.000000136. The summed E-state index contributed by atoms with van der Waals surface area (Å²) in [6, 6.07) is 146. The third kappa shape index (κ3) is 9.50. The minimum Gasteiger partial charge on any atom is -0.306 e. The Hall–Kier alpha value is -17.7. The zero-order chi connectivity index (χ0) is 82.1. The third-order valence-electron chi connectivity index (χ3n) is 25.7. The van der Waals surface area contributed by atoms with Gasteiger partial charge in [0, 0.05) is 86.2 Å². The minimum absolute atomic E-state index is 0.440. The van der Waals surface area contributed by atoms with Gasteiger partial charge in [0.25, 0.3) is 0 Å². The van der Waals surface area contributed by atoms with Gasteiger partial charge in [-0.3, -0.25) is 0 Å². The maximum absolute atomic E-state index is 12.3. The van der Waals surface area contributed by atoms with Gasteiger partial charge in [-0.1, -0.05) is 291 Å². The first-order chi connectivity index (χ1) is 61.5. The van der Waals surface area contributed by atoms with Crippen molar-refractivity contribution in [1.29, 1.82) is 21.0 Å². The molecule has 0 N–H and O–H groups in total. The fourth-order valence-electron chi connectivity index (χ4n) is 20.9. The highest BCUT2D eigenvalue weighted by molar-refractivity contribution is 6.20. The first-order valence-corrected chi connectivity index (χ1v) is 41.5. The molecule has 0 radical (unpaired) electrons. The Bertz CT molecular complexity index is 7340. The average molecular weight is 1580 g/mol. The zero-order valence-corrected chi connectivity index (χ0v) is 66.3. The van der Waals surface area contributed by atoms with Crippen LogP contribution >= 0.6 is 0 Å². The summed E-state index contributed by atoms with van der Waals surface area (Å²) in [5, 5.41) is 66.0. The fourth-order valence-corrected chi connectivity index (χ4v) is 20.9. The van der Waals surface area contributed by atoms with Crippen molar-refractivity contribution in [2.45, 2.75) is 0 Å². The summed E-state index contributed by atoms with van der Waals surface area (Å²) >= 11 is 0. The molecule has 0 spiro atoms. The molecule has 0 amide bonds. The minimum atomic E-state index is 0.440. The number of hydrogen-bond donors (Lipinski definition) is 0. The van der Waals surface area contributed by atoms with E-state index in [0.717, 1.165) is 174 Å². The van der Waals surface area contributed by atoms with Crippen LogP contribution in [0, 0.1) is 45.3 Å². The highest BCUT2D eigenvalue weighted by atomic mass is 15.1. The molecule has 0 saturated heterocycles. The molecule has 26 aromatic rings. The second-order valence-corrected chi connectivity index (χ2v) is 31.7. The lowest BCUT2D eigenvalue weighted by Crippen LogP contribution is -2.16. The van der Waals surface area contributed by atoms with Gasteiger partial charge in [-0.25, -0.2) is 0 Å². The van der Waals surface area contributed by atoms with E-state index in [1.165, 1.54) is 0 Å². The third-order valence-corrected chi connectivity index (χ3v) is 25.7. The maximum atomic E-state index is 12.3. The molecule has 124 heavy (non-hydrogen) atoms. The molecule has 0 aliphatic heterocycles. The van der Waals surface area contributed by atoms with Gasteiger partial charge in [0.1, 0.15) is 46.5 Å². The molecule has 572 valence electrons. The molecule has 26 rings (SSSR count). The molecule has 0 bridgehead atoms. The lowest BCUT2D eigenvalue weighted by molar-refractivity contribution is 1.02. The molecular weight excluding hydrogens is 1510 g/mol. The Labute approximate surface area is 707 Å². The van der Waals surface area contributed by atoms with Crippen molar-refractivity contribution in [1.82, 2.24) is 36.5 Å². The standard InChI is InChI=1S/2C56H32N6/c2*57-33-43-53(59-45-25-9-1-17-35(45)36-18-2-10-26-46(36)59)54(60-47-27-11-3-19-37(47)38-20-4-12-28-48(38)60)44(34-58)56(62-51-31-15-7-23-41(51)42-24-8-16-32-52(42)62)55(43)61-49-29-13-5-21-39(49)40-22-6-14-30-50(40)61/h2*1-32H. The number of aromatic nitrogens is 8. The first kappa shape index (κ1) is 69.4.